The summed E-state index contributed by atoms with van der Waals surface area (Å²) >= 11 is 5.32. The second-order valence-electron chi connectivity index (χ2n) is 6.00. The van der Waals surface area contributed by atoms with E-state index in [1.807, 2.05) is 52.8 Å². The topological polar surface area (TPSA) is 40.6 Å². The Balaban J connectivity index is 1.76. The molecule has 1 aromatic carbocycles. The first kappa shape index (κ1) is 16.8. The first-order valence-electron chi connectivity index (χ1n) is 8.05. The van der Waals surface area contributed by atoms with E-state index < -0.39 is 0 Å². The fraction of sp³-hybridized carbons (Fsp3) is 0.529. The highest BCUT2D eigenvalue weighted by Gasteiger charge is 2.46. The number of amides is 2. The number of piperidine rings is 1. The van der Waals surface area contributed by atoms with E-state index >= 15 is 0 Å². The summed E-state index contributed by atoms with van der Waals surface area (Å²) in [7, 11) is 0. The summed E-state index contributed by atoms with van der Waals surface area (Å²) in [6.45, 7) is 4.20. The van der Waals surface area contributed by atoms with E-state index in [4.69, 9.17) is 0 Å². The van der Waals surface area contributed by atoms with Crippen LogP contribution in [0.25, 0.3) is 0 Å². The van der Waals surface area contributed by atoms with Crippen LogP contribution in [-0.4, -0.2) is 51.9 Å². The molecule has 2 amide bonds. The van der Waals surface area contributed by atoms with Gasteiger partial charge in [-0.1, -0.05) is 28.9 Å². The summed E-state index contributed by atoms with van der Waals surface area (Å²) in [4.78, 5) is 28.7. The van der Waals surface area contributed by atoms with Gasteiger partial charge in [-0.15, -0.1) is 11.8 Å². The lowest BCUT2D eigenvalue weighted by Crippen LogP contribution is -2.53. The molecule has 23 heavy (non-hydrogen) atoms. The molecule has 0 atom stereocenters. The number of carbonyl (C=O) groups excluding carboxylic acids is 2. The standard InChI is InChI=1S/C17H21BrN2O2S/c1-2-15(21)19-8-6-17(7-9-19)20(10-11-23-17)16(22)13-4-3-5-14(18)12-13/h3-5,12H,2,6-11H2,1H3. The molecule has 0 radical (unpaired) electrons. The Morgan fingerprint density at radius 1 is 1.26 bits per heavy atom. The van der Waals surface area contributed by atoms with Crippen LogP contribution in [0.2, 0.25) is 0 Å². The molecule has 2 fully saturated rings. The molecular formula is C17H21BrN2O2S. The Hall–Kier alpha value is -1.01. The van der Waals surface area contributed by atoms with Crippen molar-refractivity contribution in [1.82, 2.24) is 9.80 Å². The van der Waals surface area contributed by atoms with E-state index in [2.05, 4.69) is 15.9 Å². The minimum atomic E-state index is -0.135. The van der Waals surface area contributed by atoms with Gasteiger partial charge in [0, 0.05) is 41.8 Å². The van der Waals surface area contributed by atoms with Gasteiger partial charge in [-0.05, 0) is 31.0 Å². The average molecular weight is 397 g/mol. The number of carbonyl (C=O) groups is 2. The summed E-state index contributed by atoms with van der Waals surface area (Å²) in [5.41, 5.74) is 0.730. The Kier molecular flexibility index (Phi) is 5.01. The lowest BCUT2D eigenvalue weighted by atomic mass is 10.0. The van der Waals surface area contributed by atoms with E-state index in [1.54, 1.807) is 0 Å². The van der Waals surface area contributed by atoms with Crippen LogP contribution >= 0.6 is 27.7 Å². The number of benzene rings is 1. The van der Waals surface area contributed by atoms with Gasteiger partial charge in [0.25, 0.3) is 5.91 Å². The molecule has 124 valence electrons. The molecule has 3 rings (SSSR count). The van der Waals surface area contributed by atoms with Crippen LogP contribution in [0.15, 0.2) is 28.7 Å². The van der Waals surface area contributed by atoms with Crippen LogP contribution in [0.3, 0.4) is 0 Å². The predicted molar refractivity (Wildman–Crippen MR) is 96.5 cm³/mol. The molecule has 1 spiro atoms. The van der Waals surface area contributed by atoms with Gasteiger partial charge in [-0.25, -0.2) is 0 Å². The summed E-state index contributed by atoms with van der Waals surface area (Å²) in [6.07, 6.45) is 2.28. The van der Waals surface area contributed by atoms with Gasteiger partial charge in [0.05, 0.1) is 4.87 Å². The van der Waals surface area contributed by atoms with Gasteiger partial charge in [0.1, 0.15) is 0 Å². The number of thioether (sulfide) groups is 1. The molecule has 1 aromatic rings. The number of halogens is 1. The molecule has 0 aromatic heterocycles. The van der Waals surface area contributed by atoms with E-state index in [1.165, 1.54) is 0 Å². The predicted octanol–water partition coefficient (Wildman–Crippen LogP) is 3.37. The van der Waals surface area contributed by atoms with Gasteiger partial charge in [-0.3, -0.25) is 9.59 Å². The van der Waals surface area contributed by atoms with Crippen molar-refractivity contribution in [3.05, 3.63) is 34.3 Å². The van der Waals surface area contributed by atoms with Crippen molar-refractivity contribution in [1.29, 1.82) is 0 Å². The molecule has 4 nitrogen and oxygen atoms in total. The first-order chi connectivity index (χ1) is 11.1. The maximum atomic E-state index is 13.0. The summed E-state index contributed by atoms with van der Waals surface area (Å²) in [5.74, 6) is 1.29. The fourth-order valence-corrected chi connectivity index (χ4v) is 5.27. The van der Waals surface area contributed by atoms with Crippen molar-refractivity contribution in [2.75, 3.05) is 25.4 Å². The zero-order valence-corrected chi connectivity index (χ0v) is 15.7. The fourth-order valence-electron chi connectivity index (χ4n) is 3.42. The van der Waals surface area contributed by atoms with Crippen LogP contribution in [0.5, 0.6) is 0 Å². The van der Waals surface area contributed by atoms with E-state index in [-0.39, 0.29) is 16.7 Å². The maximum Gasteiger partial charge on any atom is 0.255 e. The highest BCUT2D eigenvalue weighted by atomic mass is 79.9. The van der Waals surface area contributed by atoms with Crippen LogP contribution in [-0.2, 0) is 4.79 Å². The molecule has 6 heteroatoms. The molecule has 0 N–H and O–H groups in total. The Morgan fingerprint density at radius 2 is 2.00 bits per heavy atom. The monoisotopic (exact) mass is 396 g/mol. The molecule has 2 aliphatic rings. The maximum absolute atomic E-state index is 13.0. The zero-order chi connectivity index (χ0) is 16.4. The molecule has 0 saturated carbocycles. The first-order valence-corrected chi connectivity index (χ1v) is 9.83. The Labute approximate surface area is 149 Å². The van der Waals surface area contributed by atoms with Crippen LogP contribution in [0, 0.1) is 0 Å². The number of hydrogen-bond donors (Lipinski definition) is 0. The van der Waals surface area contributed by atoms with Gasteiger partial charge >= 0.3 is 0 Å². The van der Waals surface area contributed by atoms with Crippen LogP contribution in [0.1, 0.15) is 36.5 Å². The minimum absolute atomic E-state index is 0.103. The van der Waals surface area contributed by atoms with Crippen molar-refractivity contribution in [3.8, 4) is 0 Å². The summed E-state index contributed by atoms with van der Waals surface area (Å²) in [6, 6.07) is 7.59. The van der Waals surface area contributed by atoms with Crippen molar-refractivity contribution in [2.45, 2.75) is 31.1 Å². The van der Waals surface area contributed by atoms with Crippen LogP contribution < -0.4 is 0 Å². The molecule has 0 bridgehead atoms. The second-order valence-corrected chi connectivity index (χ2v) is 8.37. The van der Waals surface area contributed by atoms with Gasteiger partial charge < -0.3 is 9.80 Å². The zero-order valence-electron chi connectivity index (χ0n) is 13.3. The molecule has 2 saturated heterocycles. The lowest BCUT2D eigenvalue weighted by Gasteiger charge is -2.44. The molecule has 2 aliphatic heterocycles. The summed E-state index contributed by atoms with van der Waals surface area (Å²) in [5, 5.41) is 0. The third kappa shape index (κ3) is 3.29. The lowest BCUT2D eigenvalue weighted by molar-refractivity contribution is -0.132. The molecule has 0 unspecified atom stereocenters. The largest absolute Gasteiger partial charge is 0.342 e. The van der Waals surface area contributed by atoms with E-state index in [9.17, 15) is 9.59 Å². The Morgan fingerprint density at radius 3 is 2.65 bits per heavy atom. The smallest absolute Gasteiger partial charge is 0.255 e. The number of nitrogens with zero attached hydrogens (tertiary/aromatic N) is 2. The van der Waals surface area contributed by atoms with Crippen molar-refractivity contribution >= 4 is 39.5 Å². The number of likely N-dealkylation sites (tertiary alicyclic amines) is 1. The highest BCUT2D eigenvalue weighted by Crippen LogP contribution is 2.44. The highest BCUT2D eigenvalue weighted by molar-refractivity contribution is 9.10. The normalized spacial score (nSPS) is 20.1. The van der Waals surface area contributed by atoms with E-state index in [0.717, 1.165) is 48.3 Å². The second kappa shape index (κ2) is 6.85. The van der Waals surface area contributed by atoms with Crippen molar-refractivity contribution in [2.24, 2.45) is 0 Å². The molecule has 0 aliphatic carbocycles. The Bertz CT molecular complexity index is 614. The quantitative estimate of drug-likeness (QED) is 0.769. The number of hydrogen-bond acceptors (Lipinski definition) is 3. The van der Waals surface area contributed by atoms with Crippen LogP contribution in [0.4, 0.5) is 0 Å². The SMILES string of the molecule is CCC(=O)N1CCC2(CC1)SCCN2C(=O)c1cccc(Br)c1. The van der Waals surface area contributed by atoms with Crippen molar-refractivity contribution in [3.63, 3.8) is 0 Å². The summed E-state index contributed by atoms with van der Waals surface area (Å²) < 4.78 is 0.924. The number of rotatable bonds is 2. The average Bonchev–Trinajstić information content (AvgIpc) is 2.97. The third-order valence-corrected chi connectivity index (χ3v) is 6.74. The van der Waals surface area contributed by atoms with Crippen molar-refractivity contribution < 1.29 is 9.59 Å². The molecular weight excluding hydrogens is 376 g/mol. The molecule has 2 heterocycles. The minimum Gasteiger partial charge on any atom is -0.342 e. The van der Waals surface area contributed by atoms with E-state index in [0.29, 0.717) is 6.42 Å². The van der Waals surface area contributed by atoms with Gasteiger partial charge in [0.2, 0.25) is 5.91 Å². The third-order valence-electron chi connectivity index (χ3n) is 4.69. The van der Waals surface area contributed by atoms with Gasteiger partial charge in [-0.2, -0.15) is 0 Å². The van der Waals surface area contributed by atoms with Gasteiger partial charge in [0.15, 0.2) is 0 Å².